The second-order valence-corrected chi connectivity index (χ2v) is 4.36. The fourth-order valence-corrected chi connectivity index (χ4v) is 1.76. The van der Waals surface area contributed by atoms with Gasteiger partial charge >= 0.3 is 0 Å². The lowest BCUT2D eigenvalue weighted by molar-refractivity contribution is 0.144. The van der Waals surface area contributed by atoms with Crippen LogP contribution in [-0.4, -0.2) is 20.5 Å². The van der Waals surface area contributed by atoms with Crippen molar-refractivity contribution in [1.29, 1.82) is 5.26 Å². The molecule has 1 aromatic heterocycles. The predicted octanol–water partition coefficient (Wildman–Crippen LogP) is 0.547. The molecule has 0 fully saturated rings. The monoisotopic (exact) mass is 263 g/mol. The number of halogens is 2. The third-order valence-corrected chi connectivity index (χ3v) is 2.63. The summed E-state index contributed by atoms with van der Waals surface area (Å²) in [7, 11) is -3.27. The lowest BCUT2D eigenvalue weighted by Gasteiger charge is -2.09. The van der Waals surface area contributed by atoms with Crippen LogP contribution >= 0.6 is 0 Å². The van der Waals surface area contributed by atoms with Crippen LogP contribution in [0.1, 0.15) is 17.7 Å². The van der Waals surface area contributed by atoms with Crippen molar-refractivity contribution in [2.45, 2.75) is 11.5 Å². The molecule has 9 heteroatoms. The van der Waals surface area contributed by atoms with E-state index in [1.165, 1.54) is 6.07 Å². The maximum absolute atomic E-state index is 12.5. The molecule has 0 saturated heterocycles. The van der Waals surface area contributed by atoms with Crippen molar-refractivity contribution in [3.05, 3.63) is 17.3 Å². The van der Waals surface area contributed by atoms with E-state index in [1.807, 2.05) is 0 Å². The van der Waals surface area contributed by atoms with Gasteiger partial charge < -0.3 is 4.74 Å². The molecule has 17 heavy (non-hydrogen) atoms. The Morgan fingerprint density at radius 2 is 2.18 bits per heavy atom. The second-order valence-electron chi connectivity index (χ2n) is 2.89. The molecule has 1 rings (SSSR count). The summed E-state index contributed by atoms with van der Waals surface area (Å²) in [5.74, 6) is -0.318. The highest BCUT2D eigenvalue weighted by Crippen LogP contribution is 2.28. The molecule has 1 heterocycles. The number of rotatable bonds is 3. The van der Waals surface area contributed by atoms with Gasteiger partial charge in [-0.2, -0.15) is 5.26 Å². The van der Waals surface area contributed by atoms with Crippen molar-refractivity contribution in [2.24, 2.45) is 5.14 Å². The van der Waals surface area contributed by atoms with E-state index in [-0.39, 0.29) is 5.75 Å². The molecule has 0 aliphatic carbocycles. The summed E-state index contributed by atoms with van der Waals surface area (Å²) < 4.78 is 51.8. The van der Waals surface area contributed by atoms with Crippen LogP contribution < -0.4 is 9.88 Å². The van der Waals surface area contributed by atoms with Gasteiger partial charge in [0.2, 0.25) is 0 Å². The number of nitrogens with two attached hydrogens (primary N) is 1. The normalized spacial score (nSPS) is 11.3. The number of primary sulfonamides is 1. The Hall–Kier alpha value is -1.79. The van der Waals surface area contributed by atoms with Gasteiger partial charge in [0.05, 0.1) is 7.11 Å². The van der Waals surface area contributed by atoms with Crippen LogP contribution in [0.15, 0.2) is 11.1 Å². The molecule has 92 valence electrons. The Balaban J connectivity index is 3.68. The first kappa shape index (κ1) is 13.3. The molecule has 0 aliphatic heterocycles. The summed E-state index contributed by atoms with van der Waals surface area (Å²) in [5, 5.41) is 12.6. The predicted molar refractivity (Wildman–Crippen MR) is 51.8 cm³/mol. The van der Waals surface area contributed by atoms with Crippen molar-refractivity contribution < 1.29 is 21.9 Å². The molecule has 0 bridgehead atoms. The Labute approximate surface area is 95.7 Å². The van der Waals surface area contributed by atoms with Crippen LogP contribution in [0.3, 0.4) is 0 Å². The van der Waals surface area contributed by atoms with Crippen LogP contribution in [0.2, 0.25) is 0 Å². The van der Waals surface area contributed by atoms with Gasteiger partial charge in [-0.05, 0) is 0 Å². The average molecular weight is 263 g/mol. The van der Waals surface area contributed by atoms with Crippen LogP contribution in [0.25, 0.3) is 0 Å². The molecule has 1 aromatic rings. The van der Waals surface area contributed by atoms with E-state index >= 15 is 0 Å². The SMILES string of the molecule is COc1cc(C(F)F)nc(S(N)(=O)=O)c1C#N. The molecule has 2 N–H and O–H groups in total. The molecule has 0 unspecified atom stereocenters. The van der Waals surface area contributed by atoms with Crippen molar-refractivity contribution in [3.63, 3.8) is 0 Å². The molecule has 0 amide bonds. The Morgan fingerprint density at radius 1 is 1.59 bits per heavy atom. The zero-order valence-electron chi connectivity index (χ0n) is 8.52. The number of pyridine rings is 1. The molecular weight excluding hydrogens is 256 g/mol. The molecule has 0 aromatic carbocycles. The number of methoxy groups -OCH3 is 1. The number of sulfonamides is 1. The van der Waals surface area contributed by atoms with Crippen molar-refractivity contribution in [1.82, 2.24) is 4.98 Å². The quantitative estimate of drug-likeness (QED) is 0.856. The van der Waals surface area contributed by atoms with Crippen molar-refractivity contribution in [2.75, 3.05) is 7.11 Å². The number of nitrogens with zero attached hydrogens (tertiary/aromatic N) is 2. The number of hydrogen-bond donors (Lipinski definition) is 1. The maximum atomic E-state index is 12.5. The molecule has 0 radical (unpaired) electrons. The minimum Gasteiger partial charge on any atom is -0.495 e. The van der Waals surface area contributed by atoms with Gasteiger partial charge in [0.15, 0.2) is 5.03 Å². The summed E-state index contributed by atoms with van der Waals surface area (Å²) >= 11 is 0. The fourth-order valence-electron chi connectivity index (χ4n) is 1.10. The van der Waals surface area contributed by atoms with Gasteiger partial charge in [0, 0.05) is 6.07 Å². The van der Waals surface area contributed by atoms with Crippen LogP contribution in [0, 0.1) is 11.3 Å². The first-order valence-corrected chi connectivity index (χ1v) is 5.66. The number of nitriles is 1. The van der Waals surface area contributed by atoms with E-state index in [1.54, 1.807) is 0 Å². The fraction of sp³-hybridized carbons (Fsp3) is 0.250. The van der Waals surface area contributed by atoms with Gasteiger partial charge in [-0.25, -0.2) is 27.3 Å². The third-order valence-electron chi connectivity index (χ3n) is 1.79. The topological polar surface area (TPSA) is 106 Å². The smallest absolute Gasteiger partial charge is 0.280 e. The Morgan fingerprint density at radius 3 is 2.53 bits per heavy atom. The van der Waals surface area contributed by atoms with E-state index in [0.717, 1.165) is 13.2 Å². The second kappa shape index (κ2) is 4.60. The summed E-state index contributed by atoms with van der Waals surface area (Å²) in [6, 6.07) is 2.29. The summed E-state index contributed by atoms with van der Waals surface area (Å²) in [6.07, 6.45) is -3.00. The first-order valence-electron chi connectivity index (χ1n) is 4.11. The molecule has 0 aliphatic rings. The standard InChI is InChI=1S/C8H7F2N3O3S/c1-16-6-2-5(7(9)10)13-8(4(6)3-11)17(12,14)15/h2,7H,1H3,(H2,12,14,15). The van der Waals surface area contributed by atoms with Gasteiger partial charge in [0.1, 0.15) is 23.1 Å². The van der Waals surface area contributed by atoms with E-state index in [0.29, 0.717) is 0 Å². The molecule has 6 nitrogen and oxygen atoms in total. The molecule has 0 atom stereocenters. The lowest BCUT2D eigenvalue weighted by atomic mass is 10.2. The number of alkyl halides is 2. The van der Waals surface area contributed by atoms with E-state index in [2.05, 4.69) is 9.72 Å². The van der Waals surface area contributed by atoms with Crippen molar-refractivity contribution in [3.8, 4) is 11.8 Å². The van der Waals surface area contributed by atoms with Gasteiger partial charge in [-0.3, -0.25) is 0 Å². The zero-order valence-corrected chi connectivity index (χ0v) is 9.33. The average Bonchev–Trinajstić information content (AvgIpc) is 2.25. The van der Waals surface area contributed by atoms with E-state index < -0.39 is 32.7 Å². The largest absolute Gasteiger partial charge is 0.495 e. The Kier molecular flexibility index (Phi) is 3.59. The van der Waals surface area contributed by atoms with Gasteiger partial charge in [0.25, 0.3) is 16.4 Å². The van der Waals surface area contributed by atoms with Crippen LogP contribution in [0.5, 0.6) is 5.75 Å². The molecular formula is C8H7F2N3O3S. The van der Waals surface area contributed by atoms with Gasteiger partial charge in [-0.1, -0.05) is 0 Å². The summed E-state index contributed by atoms with van der Waals surface area (Å²) in [4.78, 5) is 3.16. The minimum absolute atomic E-state index is 0.318. The molecule has 0 saturated carbocycles. The number of ether oxygens (including phenoxy) is 1. The van der Waals surface area contributed by atoms with Crippen molar-refractivity contribution >= 4 is 10.0 Å². The summed E-state index contributed by atoms with van der Waals surface area (Å²) in [5.41, 5.74) is -1.33. The first-order chi connectivity index (χ1) is 7.81. The highest BCUT2D eigenvalue weighted by molar-refractivity contribution is 7.89. The minimum atomic E-state index is -4.38. The number of hydrogen-bond acceptors (Lipinski definition) is 5. The van der Waals surface area contributed by atoms with Crippen LogP contribution in [0.4, 0.5) is 8.78 Å². The van der Waals surface area contributed by atoms with E-state index in [9.17, 15) is 17.2 Å². The summed E-state index contributed by atoms with van der Waals surface area (Å²) in [6.45, 7) is 0. The Bertz CT molecular complexity index is 580. The van der Waals surface area contributed by atoms with Crippen LogP contribution in [-0.2, 0) is 10.0 Å². The van der Waals surface area contributed by atoms with Gasteiger partial charge in [-0.15, -0.1) is 0 Å². The highest BCUT2D eigenvalue weighted by Gasteiger charge is 2.24. The molecule has 0 spiro atoms. The lowest BCUT2D eigenvalue weighted by Crippen LogP contribution is -2.17. The number of aromatic nitrogens is 1. The maximum Gasteiger partial charge on any atom is 0.280 e. The van der Waals surface area contributed by atoms with E-state index in [4.69, 9.17) is 10.4 Å². The highest BCUT2D eigenvalue weighted by atomic mass is 32.2. The zero-order chi connectivity index (χ0) is 13.2. The third kappa shape index (κ3) is 2.66.